The number of rotatable bonds is 1. The predicted molar refractivity (Wildman–Crippen MR) is 48.0 cm³/mol. The standard InChI is InChI=1S/C5H7NS.C3H3NO/c1-2-5-6-3-4-7-5;1-2-5-3-4-1/h3-4H,2H2,1H3;1-3H. The van der Waals surface area contributed by atoms with E-state index >= 15 is 0 Å². The van der Waals surface area contributed by atoms with E-state index in [0.29, 0.717) is 0 Å². The molecule has 0 fully saturated rings. The third-order valence-corrected chi connectivity index (χ3v) is 2.06. The number of aromatic nitrogens is 2. The third-order valence-electron chi connectivity index (χ3n) is 1.13. The summed E-state index contributed by atoms with van der Waals surface area (Å²) in [6, 6.07) is 0. The van der Waals surface area contributed by atoms with Crippen LogP contribution in [0.1, 0.15) is 11.9 Å². The van der Waals surface area contributed by atoms with Crippen LogP contribution in [0.2, 0.25) is 0 Å². The van der Waals surface area contributed by atoms with Gasteiger partial charge in [0, 0.05) is 11.6 Å². The van der Waals surface area contributed by atoms with E-state index in [1.807, 2.05) is 11.6 Å². The number of nitrogens with zero attached hydrogens (tertiary/aromatic N) is 2. The average Bonchev–Trinajstić information content (AvgIpc) is 2.81. The summed E-state index contributed by atoms with van der Waals surface area (Å²) in [4.78, 5) is 7.61. The Balaban J connectivity index is 0.000000127. The Morgan fingerprint density at radius 2 is 2.42 bits per heavy atom. The van der Waals surface area contributed by atoms with Crippen LogP contribution in [0.25, 0.3) is 0 Å². The number of hydrogen-bond donors (Lipinski definition) is 0. The number of aryl methyl sites for hydroxylation is 1. The molecule has 0 amide bonds. The summed E-state index contributed by atoms with van der Waals surface area (Å²) in [5.41, 5.74) is 0. The summed E-state index contributed by atoms with van der Waals surface area (Å²) >= 11 is 1.71. The van der Waals surface area contributed by atoms with E-state index in [1.54, 1.807) is 17.5 Å². The monoisotopic (exact) mass is 182 g/mol. The van der Waals surface area contributed by atoms with Crippen molar-refractivity contribution in [2.24, 2.45) is 0 Å². The fourth-order valence-electron chi connectivity index (χ4n) is 0.603. The Kier molecular flexibility index (Phi) is 4.08. The first kappa shape index (κ1) is 8.93. The van der Waals surface area contributed by atoms with Gasteiger partial charge in [0.2, 0.25) is 0 Å². The average molecular weight is 182 g/mol. The highest BCUT2D eigenvalue weighted by molar-refractivity contribution is 7.09. The molecule has 3 nitrogen and oxygen atoms in total. The second-order valence-electron chi connectivity index (χ2n) is 1.96. The molecule has 0 unspecified atom stereocenters. The Morgan fingerprint density at radius 3 is 2.67 bits per heavy atom. The maximum atomic E-state index is 4.47. The molecule has 0 saturated carbocycles. The van der Waals surface area contributed by atoms with Crippen LogP contribution in [0.4, 0.5) is 0 Å². The number of thiazole rings is 1. The van der Waals surface area contributed by atoms with Gasteiger partial charge in [-0.05, 0) is 6.42 Å². The minimum atomic E-state index is 1.07. The number of oxazole rings is 1. The first-order chi connectivity index (χ1) is 5.93. The van der Waals surface area contributed by atoms with Crippen molar-refractivity contribution in [3.05, 3.63) is 35.4 Å². The molecule has 64 valence electrons. The molecule has 0 aliphatic carbocycles. The van der Waals surface area contributed by atoms with E-state index < -0.39 is 0 Å². The van der Waals surface area contributed by atoms with Crippen molar-refractivity contribution in [2.75, 3.05) is 0 Å². The van der Waals surface area contributed by atoms with Crippen LogP contribution in [-0.2, 0) is 6.42 Å². The van der Waals surface area contributed by atoms with Crippen molar-refractivity contribution >= 4 is 11.3 Å². The van der Waals surface area contributed by atoms with Crippen LogP contribution in [0.3, 0.4) is 0 Å². The summed E-state index contributed by atoms with van der Waals surface area (Å²) in [5, 5.41) is 3.22. The fourth-order valence-corrected chi connectivity index (χ4v) is 1.17. The molecule has 2 heterocycles. The lowest BCUT2D eigenvalue weighted by Crippen LogP contribution is -1.70. The molecule has 0 bridgehead atoms. The van der Waals surface area contributed by atoms with E-state index in [4.69, 9.17) is 0 Å². The van der Waals surface area contributed by atoms with Crippen LogP contribution in [-0.4, -0.2) is 9.97 Å². The number of hydrogen-bond acceptors (Lipinski definition) is 4. The summed E-state index contributed by atoms with van der Waals surface area (Å²) < 4.78 is 4.47. The molecule has 0 aliphatic heterocycles. The van der Waals surface area contributed by atoms with Crippen molar-refractivity contribution in [1.29, 1.82) is 0 Å². The lowest BCUT2D eigenvalue weighted by Gasteiger charge is -1.77. The zero-order valence-corrected chi connectivity index (χ0v) is 7.62. The highest BCUT2D eigenvalue weighted by Crippen LogP contribution is 2.02. The van der Waals surface area contributed by atoms with Crippen molar-refractivity contribution in [3.63, 3.8) is 0 Å². The molecular formula is C8H10N2OS. The molecular weight excluding hydrogens is 172 g/mol. The van der Waals surface area contributed by atoms with E-state index in [9.17, 15) is 0 Å². The largest absolute Gasteiger partial charge is 0.452 e. The Bertz CT molecular complexity index is 248. The van der Waals surface area contributed by atoms with Gasteiger partial charge in [-0.2, -0.15) is 0 Å². The second kappa shape index (κ2) is 5.49. The highest BCUT2D eigenvalue weighted by Gasteiger charge is 1.84. The lowest BCUT2D eigenvalue weighted by atomic mass is 10.5. The maximum Gasteiger partial charge on any atom is 0.180 e. The first-order valence-electron chi connectivity index (χ1n) is 3.64. The van der Waals surface area contributed by atoms with Crippen LogP contribution in [0.5, 0.6) is 0 Å². The maximum absolute atomic E-state index is 4.47. The molecule has 0 aromatic carbocycles. The Morgan fingerprint density at radius 1 is 1.50 bits per heavy atom. The quantitative estimate of drug-likeness (QED) is 0.679. The molecule has 2 aromatic rings. The van der Waals surface area contributed by atoms with E-state index in [2.05, 4.69) is 21.3 Å². The van der Waals surface area contributed by atoms with E-state index in [1.165, 1.54) is 17.7 Å². The smallest absolute Gasteiger partial charge is 0.180 e. The van der Waals surface area contributed by atoms with Gasteiger partial charge in [-0.25, -0.2) is 9.97 Å². The summed E-state index contributed by atoms with van der Waals surface area (Å²) in [7, 11) is 0. The van der Waals surface area contributed by atoms with Crippen LogP contribution in [0.15, 0.2) is 34.8 Å². The van der Waals surface area contributed by atoms with E-state index in [-0.39, 0.29) is 0 Å². The van der Waals surface area contributed by atoms with Gasteiger partial charge in [-0.15, -0.1) is 11.3 Å². The lowest BCUT2D eigenvalue weighted by molar-refractivity contribution is 0.558. The van der Waals surface area contributed by atoms with Crippen molar-refractivity contribution in [3.8, 4) is 0 Å². The Hall–Kier alpha value is -1.16. The summed E-state index contributed by atoms with van der Waals surface area (Å²) in [5.74, 6) is 0. The molecule has 0 spiro atoms. The molecule has 4 heteroatoms. The molecule has 0 saturated heterocycles. The molecule has 0 radical (unpaired) electrons. The zero-order chi connectivity index (χ0) is 8.65. The van der Waals surface area contributed by atoms with Gasteiger partial charge in [-0.1, -0.05) is 6.92 Å². The normalized spacial score (nSPS) is 8.75. The molecule has 12 heavy (non-hydrogen) atoms. The summed E-state index contributed by atoms with van der Waals surface area (Å²) in [6.45, 7) is 2.11. The van der Waals surface area contributed by atoms with Crippen LogP contribution >= 0.6 is 11.3 Å². The van der Waals surface area contributed by atoms with Crippen molar-refractivity contribution < 1.29 is 4.42 Å². The minimum Gasteiger partial charge on any atom is -0.452 e. The second-order valence-corrected chi connectivity index (χ2v) is 2.93. The topological polar surface area (TPSA) is 38.9 Å². The van der Waals surface area contributed by atoms with Gasteiger partial charge in [0.1, 0.15) is 6.26 Å². The molecule has 2 rings (SSSR count). The zero-order valence-electron chi connectivity index (χ0n) is 6.80. The van der Waals surface area contributed by atoms with E-state index in [0.717, 1.165) is 6.42 Å². The van der Waals surface area contributed by atoms with Gasteiger partial charge >= 0.3 is 0 Å². The van der Waals surface area contributed by atoms with Gasteiger partial charge in [-0.3, -0.25) is 0 Å². The molecule has 0 aliphatic rings. The SMILES string of the molecule is CCc1nccs1.c1cocn1. The fraction of sp³-hybridized carbons (Fsp3) is 0.250. The molecule has 0 atom stereocenters. The van der Waals surface area contributed by atoms with Crippen molar-refractivity contribution in [2.45, 2.75) is 13.3 Å². The Labute approximate surface area is 75.1 Å². The molecule has 0 N–H and O–H groups in total. The van der Waals surface area contributed by atoms with Gasteiger partial charge in [0.05, 0.1) is 11.2 Å². The van der Waals surface area contributed by atoms with Crippen molar-refractivity contribution in [1.82, 2.24) is 9.97 Å². The van der Waals surface area contributed by atoms with Crippen LogP contribution in [0, 0.1) is 0 Å². The third kappa shape index (κ3) is 3.30. The van der Waals surface area contributed by atoms with Gasteiger partial charge in [0.25, 0.3) is 0 Å². The molecule has 2 aromatic heterocycles. The van der Waals surface area contributed by atoms with Crippen LogP contribution < -0.4 is 0 Å². The van der Waals surface area contributed by atoms with Gasteiger partial charge < -0.3 is 4.42 Å². The summed E-state index contributed by atoms with van der Waals surface area (Å²) in [6.07, 6.45) is 7.38. The predicted octanol–water partition coefficient (Wildman–Crippen LogP) is 2.38. The van der Waals surface area contributed by atoms with Gasteiger partial charge in [0.15, 0.2) is 6.39 Å². The first-order valence-corrected chi connectivity index (χ1v) is 4.52. The minimum absolute atomic E-state index is 1.07. The highest BCUT2D eigenvalue weighted by atomic mass is 32.1.